The predicted molar refractivity (Wildman–Crippen MR) is 81.8 cm³/mol. The number of ether oxygens (including phenoxy) is 1. The minimum atomic E-state index is -1.20. The van der Waals surface area contributed by atoms with E-state index in [1.807, 2.05) is 6.07 Å². The van der Waals surface area contributed by atoms with Crippen LogP contribution in [-0.4, -0.2) is 40.7 Å². The van der Waals surface area contributed by atoms with Gasteiger partial charge in [-0.3, -0.25) is 4.90 Å². The Morgan fingerprint density at radius 1 is 1.36 bits per heavy atom. The smallest absolute Gasteiger partial charge is 0.339 e. The maximum absolute atomic E-state index is 12.1. The fourth-order valence-corrected chi connectivity index (χ4v) is 3.01. The second kappa shape index (κ2) is 7.44. The maximum Gasteiger partial charge on any atom is 0.339 e. The van der Waals surface area contributed by atoms with Crippen LogP contribution in [0.5, 0.6) is 0 Å². The van der Waals surface area contributed by atoms with E-state index < -0.39 is 12.1 Å². The average Bonchev–Trinajstić information content (AvgIpc) is 2.44. The van der Waals surface area contributed by atoms with Crippen LogP contribution in [0.15, 0.2) is 30.3 Å². The standard InChI is InChI=1S/C17H25NO3.ClH/c1-12-10-14(11-17(2,3)18(12)4)21-16(20)15(19)13-8-6-5-7-9-13;/h5-9,12,14-15,19H,10-11H2,1-4H3;1H/p-1. The molecule has 3 unspecified atom stereocenters. The summed E-state index contributed by atoms with van der Waals surface area (Å²) in [5.41, 5.74) is 0.558. The summed E-state index contributed by atoms with van der Waals surface area (Å²) in [6, 6.07) is 9.25. The van der Waals surface area contributed by atoms with E-state index >= 15 is 0 Å². The number of carbonyl (C=O) groups is 1. The molecule has 1 N–H and O–H groups in total. The Morgan fingerprint density at radius 3 is 2.50 bits per heavy atom. The van der Waals surface area contributed by atoms with Gasteiger partial charge in [0.2, 0.25) is 0 Å². The SMILES string of the molecule is CC1CC(OC(=O)C(O)c2ccccc2)CC(C)(C)N1C.[Cl-]. The van der Waals surface area contributed by atoms with Gasteiger partial charge in [-0.1, -0.05) is 30.3 Å². The Morgan fingerprint density at radius 2 is 1.95 bits per heavy atom. The quantitative estimate of drug-likeness (QED) is 0.763. The van der Waals surface area contributed by atoms with Crippen LogP contribution in [0, 0.1) is 0 Å². The summed E-state index contributed by atoms with van der Waals surface area (Å²) in [6.07, 6.45) is 0.232. The molecule has 2 rings (SSSR count). The van der Waals surface area contributed by atoms with Crippen molar-refractivity contribution >= 4 is 5.97 Å². The molecule has 1 aliphatic heterocycles. The molecule has 1 aliphatic rings. The third-order valence-corrected chi connectivity index (χ3v) is 4.57. The van der Waals surface area contributed by atoms with Crippen LogP contribution in [0.2, 0.25) is 0 Å². The molecule has 0 aliphatic carbocycles. The Hall–Kier alpha value is -1.10. The molecular weight excluding hydrogens is 302 g/mol. The molecule has 1 saturated heterocycles. The molecule has 1 heterocycles. The zero-order valence-electron chi connectivity index (χ0n) is 13.6. The highest BCUT2D eigenvalue weighted by Gasteiger charge is 2.38. The second-order valence-corrected chi connectivity index (χ2v) is 6.58. The Bertz CT molecular complexity index is 492. The van der Waals surface area contributed by atoms with E-state index in [2.05, 4.69) is 32.7 Å². The topological polar surface area (TPSA) is 49.8 Å². The monoisotopic (exact) mass is 326 g/mol. The van der Waals surface area contributed by atoms with Crippen molar-refractivity contribution in [1.82, 2.24) is 4.90 Å². The Kier molecular flexibility index (Phi) is 6.41. The normalized spacial score (nSPS) is 25.9. The van der Waals surface area contributed by atoms with Gasteiger partial charge >= 0.3 is 5.97 Å². The summed E-state index contributed by atoms with van der Waals surface area (Å²) in [5, 5.41) is 10.1. The second-order valence-electron chi connectivity index (χ2n) is 6.58. The number of esters is 1. The van der Waals surface area contributed by atoms with E-state index in [4.69, 9.17) is 4.74 Å². The van der Waals surface area contributed by atoms with Crippen LogP contribution < -0.4 is 12.4 Å². The minimum absolute atomic E-state index is 0. The summed E-state index contributed by atoms with van der Waals surface area (Å²) in [5.74, 6) is -0.557. The molecule has 3 atom stereocenters. The minimum Gasteiger partial charge on any atom is -1.00 e. The number of halogens is 1. The first-order valence-electron chi connectivity index (χ1n) is 7.47. The third-order valence-electron chi connectivity index (χ3n) is 4.57. The lowest BCUT2D eigenvalue weighted by atomic mass is 9.85. The van der Waals surface area contributed by atoms with Gasteiger partial charge < -0.3 is 22.3 Å². The average molecular weight is 327 g/mol. The van der Waals surface area contributed by atoms with E-state index in [9.17, 15) is 9.90 Å². The number of benzene rings is 1. The van der Waals surface area contributed by atoms with Crippen LogP contribution in [0.4, 0.5) is 0 Å². The number of likely N-dealkylation sites (tertiary alicyclic amines) is 1. The Balaban J connectivity index is 0.00000242. The van der Waals surface area contributed by atoms with E-state index in [0.717, 1.165) is 12.8 Å². The number of aliphatic hydroxyl groups excluding tert-OH is 1. The number of carbonyl (C=O) groups excluding carboxylic acids is 1. The summed E-state index contributed by atoms with van der Waals surface area (Å²) >= 11 is 0. The van der Waals surface area contributed by atoms with Crippen LogP contribution in [0.1, 0.15) is 45.3 Å². The van der Waals surface area contributed by atoms with Crippen molar-refractivity contribution in [3.8, 4) is 0 Å². The Labute approximate surface area is 138 Å². The zero-order valence-corrected chi connectivity index (χ0v) is 14.4. The molecule has 1 aromatic carbocycles. The van der Waals surface area contributed by atoms with Gasteiger partial charge in [-0.25, -0.2) is 4.79 Å². The van der Waals surface area contributed by atoms with Crippen molar-refractivity contribution in [2.75, 3.05) is 7.05 Å². The van der Waals surface area contributed by atoms with Crippen LogP contribution >= 0.6 is 0 Å². The van der Waals surface area contributed by atoms with Crippen LogP contribution in [-0.2, 0) is 9.53 Å². The highest BCUT2D eigenvalue weighted by molar-refractivity contribution is 5.76. The maximum atomic E-state index is 12.1. The van der Waals surface area contributed by atoms with E-state index in [1.54, 1.807) is 24.3 Å². The highest BCUT2D eigenvalue weighted by Crippen LogP contribution is 2.32. The van der Waals surface area contributed by atoms with Crippen molar-refractivity contribution in [3.63, 3.8) is 0 Å². The number of piperidine rings is 1. The van der Waals surface area contributed by atoms with Gasteiger partial charge in [0.25, 0.3) is 0 Å². The molecular formula is C17H25ClNO3-. The van der Waals surface area contributed by atoms with Crippen molar-refractivity contribution in [2.24, 2.45) is 0 Å². The molecule has 1 fully saturated rings. The van der Waals surface area contributed by atoms with Crippen molar-refractivity contribution in [1.29, 1.82) is 0 Å². The molecule has 0 radical (unpaired) electrons. The molecule has 0 saturated carbocycles. The van der Waals surface area contributed by atoms with E-state index in [1.165, 1.54) is 0 Å². The molecule has 0 aromatic heterocycles. The first kappa shape index (κ1) is 18.9. The fourth-order valence-electron chi connectivity index (χ4n) is 3.01. The molecule has 22 heavy (non-hydrogen) atoms. The lowest BCUT2D eigenvalue weighted by molar-refractivity contribution is -0.165. The highest BCUT2D eigenvalue weighted by atomic mass is 35.5. The largest absolute Gasteiger partial charge is 1.00 e. The molecule has 0 bridgehead atoms. The molecule has 124 valence electrons. The number of hydrogen-bond acceptors (Lipinski definition) is 4. The van der Waals surface area contributed by atoms with Gasteiger partial charge in [-0.15, -0.1) is 0 Å². The summed E-state index contributed by atoms with van der Waals surface area (Å²) in [6.45, 7) is 6.43. The summed E-state index contributed by atoms with van der Waals surface area (Å²) < 4.78 is 5.55. The van der Waals surface area contributed by atoms with Crippen molar-refractivity contribution in [3.05, 3.63) is 35.9 Å². The zero-order chi connectivity index (χ0) is 15.6. The van der Waals surface area contributed by atoms with Crippen molar-refractivity contribution < 1.29 is 27.0 Å². The number of rotatable bonds is 3. The van der Waals surface area contributed by atoms with Crippen LogP contribution in [0.25, 0.3) is 0 Å². The third kappa shape index (κ3) is 4.22. The number of hydrogen-bond donors (Lipinski definition) is 1. The summed E-state index contributed by atoms with van der Waals surface area (Å²) in [7, 11) is 2.10. The van der Waals surface area contributed by atoms with Gasteiger partial charge in [0.05, 0.1) is 0 Å². The van der Waals surface area contributed by atoms with E-state index in [0.29, 0.717) is 11.6 Å². The lowest BCUT2D eigenvalue weighted by Gasteiger charge is -2.47. The first-order chi connectivity index (χ1) is 9.81. The number of nitrogens with zero attached hydrogens (tertiary/aromatic N) is 1. The molecule has 0 amide bonds. The molecule has 4 nitrogen and oxygen atoms in total. The van der Waals surface area contributed by atoms with Crippen molar-refractivity contribution in [2.45, 2.75) is 57.4 Å². The summed E-state index contributed by atoms with van der Waals surface area (Å²) in [4.78, 5) is 14.4. The van der Waals surface area contributed by atoms with Gasteiger partial charge in [0.1, 0.15) is 6.10 Å². The lowest BCUT2D eigenvalue weighted by Crippen LogP contribution is -3.00. The predicted octanol–water partition coefficient (Wildman–Crippen LogP) is -0.471. The molecule has 1 aromatic rings. The molecule has 0 spiro atoms. The molecule has 5 heteroatoms. The van der Waals surface area contributed by atoms with Gasteiger partial charge in [0.15, 0.2) is 6.10 Å². The first-order valence-corrected chi connectivity index (χ1v) is 7.47. The van der Waals surface area contributed by atoms with E-state index in [-0.39, 0.29) is 24.0 Å². The fraction of sp³-hybridized carbons (Fsp3) is 0.588. The number of aliphatic hydroxyl groups is 1. The van der Waals surface area contributed by atoms with Gasteiger partial charge in [0, 0.05) is 18.0 Å². The van der Waals surface area contributed by atoms with Gasteiger partial charge in [-0.2, -0.15) is 0 Å². The van der Waals surface area contributed by atoms with Crippen LogP contribution in [0.3, 0.4) is 0 Å². The van der Waals surface area contributed by atoms with Gasteiger partial charge in [-0.05, 0) is 39.8 Å².